The fourth-order valence-electron chi connectivity index (χ4n) is 2.39. The van der Waals surface area contributed by atoms with Gasteiger partial charge in [0.25, 0.3) is 5.91 Å². The Hall–Kier alpha value is -3.02. The van der Waals surface area contributed by atoms with Crippen LogP contribution in [0.1, 0.15) is 36.5 Å². The van der Waals surface area contributed by atoms with Crippen LogP contribution in [-0.2, 0) is 4.79 Å². The van der Waals surface area contributed by atoms with Crippen LogP contribution in [0.15, 0.2) is 43.0 Å². The first-order valence-electron chi connectivity index (χ1n) is 8.24. The monoisotopic (exact) mass is 358 g/mol. The molecule has 1 amide bonds. The van der Waals surface area contributed by atoms with E-state index in [0.29, 0.717) is 5.75 Å². The number of phenolic OH excluding ortho intramolecular Hbond substituents is 1. The Bertz CT molecular complexity index is 819. The number of carbonyl (C=O) groups excluding carboxylic acids is 1. The van der Waals surface area contributed by atoms with Gasteiger partial charge in [-0.05, 0) is 48.2 Å². The zero-order valence-electron chi connectivity index (χ0n) is 15.1. The maximum absolute atomic E-state index is 13.3. The van der Waals surface area contributed by atoms with E-state index in [0.717, 1.165) is 23.3 Å². The summed E-state index contributed by atoms with van der Waals surface area (Å²) >= 11 is 0. The third-order valence-corrected chi connectivity index (χ3v) is 3.79. The second-order valence-corrected chi connectivity index (χ2v) is 6.30. The molecule has 0 aliphatic carbocycles. The van der Waals surface area contributed by atoms with E-state index >= 15 is 0 Å². The predicted octanol–water partition coefficient (Wildman–Crippen LogP) is 3.63. The number of rotatable bonds is 7. The Morgan fingerprint density at radius 2 is 1.96 bits per heavy atom. The van der Waals surface area contributed by atoms with Gasteiger partial charge in [0, 0.05) is 5.56 Å². The molecule has 26 heavy (non-hydrogen) atoms. The van der Waals surface area contributed by atoms with Crippen molar-refractivity contribution in [3.8, 4) is 11.5 Å². The van der Waals surface area contributed by atoms with Crippen molar-refractivity contribution in [1.82, 2.24) is 10.9 Å². The fraction of sp³-hybridized carbons (Fsp3) is 0.250. The van der Waals surface area contributed by atoms with E-state index in [1.807, 2.05) is 25.1 Å². The number of hydrazine groups is 1. The highest BCUT2D eigenvalue weighted by Crippen LogP contribution is 2.27. The lowest BCUT2D eigenvalue weighted by Crippen LogP contribution is -2.39. The average Bonchev–Trinajstić information content (AvgIpc) is 2.59. The van der Waals surface area contributed by atoms with E-state index in [9.17, 15) is 14.3 Å². The second kappa shape index (κ2) is 8.38. The Kier molecular flexibility index (Phi) is 6.22. The smallest absolute Gasteiger partial charge is 0.276 e. The van der Waals surface area contributed by atoms with Crippen LogP contribution in [0.25, 0.3) is 5.70 Å². The van der Waals surface area contributed by atoms with Crippen molar-refractivity contribution >= 4 is 11.6 Å². The summed E-state index contributed by atoms with van der Waals surface area (Å²) in [6.07, 6.45) is 0. The molecular weight excluding hydrogens is 335 g/mol. The molecule has 0 saturated carbocycles. The molecule has 0 bridgehead atoms. The number of benzene rings is 2. The second-order valence-electron chi connectivity index (χ2n) is 6.30. The number of nitrogens with one attached hydrogen (secondary N) is 2. The molecule has 0 radical (unpaired) electrons. The molecule has 0 aromatic heterocycles. The van der Waals surface area contributed by atoms with E-state index in [1.54, 1.807) is 0 Å². The highest BCUT2D eigenvalue weighted by Gasteiger charge is 2.11. The van der Waals surface area contributed by atoms with Crippen LogP contribution in [0, 0.1) is 12.7 Å². The molecule has 138 valence electrons. The molecule has 2 aromatic carbocycles. The van der Waals surface area contributed by atoms with Gasteiger partial charge in [-0.2, -0.15) is 0 Å². The zero-order chi connectivity index (χ0) is 19.3. The van der Waals surface area contributed by atoms with E-state index in [-0.39, 0.29) is 29.5 Å². The van der Waals surface area contributed by atoms with Gasteiger partial charge in [0.15, 0.2) is 6.61 Å². The number of ether oxygens (including phenoxy) is 1. The lowest BCUT2D eigenvalue weighted by molar-refractivity contribution is -0.123. The molecule has 0 saturated heterocycles. The van der Waals surface area contributed by atoms with Gasteiger partial charge in [-0.1, -0.05) is 32.6 Å². The summed E-state index contributed by atoms with van der Waals surface area (Å²) in [5, 5.41) is 9.73. The lowest BCUT2D eigenvalue weighted by atomic mass is 10.0. The summed E-state index contributed by atoms with van der Waals surface area (Å²) in [4.78, 5) is 12.0. The Morgan fingerprint density at radius 3 is 2.65 bits per heavy atom. The SMILES string of the molecule is C=C(NNC(=O)COc1cc(C)ccc1C(C)C)c1cc(F)ccc1O. The summed E-state index contributed by atoms with van der Waals surface area (Å²) in [6.45, 7) is 9.53. The topological polar surface area (TPSA) is 70.6 Å². The normalized spacial score (nSPS) is 10.5. The number of amides is 1. The van der Waals surface area contributed by atoms with Crippen LogP contribution in [0.5, 0.6) is 11.5 Å². The first-order valence-corrected chi connectivity index (χ1v) is 8.24. The van der Waals surface area contributed by atoms with E-state index in [2.05, 4.69) is 31.3 Å². The number of aryl methyl sites for hydroxylation is 1. The summed E-state index contributed by atoms with van der Waals surface area (Å²) in [5.74, 6) is -0.163. The highest BCUT2D eigenvalue weighted by atomic mass is 19.1. The first kappa shape index (κ1) is 19.3. The van der Waals surface area contributed by atoms with Crippen molar-refractivity contribution in [2.45, 2.75) is 26.7 Å². The molecule has 2 aromatic rings. The first-order chi connectivity index (χ1) is 12.3. The molecule has 6 heteroatoms. The van der Waals surface area contributed by atoms with Crippen LogP contribution in [0.4, 0.5) is 4.39 Å². The minimum absolute atomic E-state index is 0.143. The van der Waals surface area contributed by atoms with Crippen molar-refractivity contribution in [2.75, 3.05) is 6.61 Å². The third kappa shape index (κ3) is 4.99. The lowest BCUT2D eigenvalue weighted by Gasteiger charge is -2.16. The van der Waals surface area contributed by atoms with Gasteiger partial charge >= 0.3 is 0 Å². The summed E-state index contributed by atoms with van der Waals surface area (Å²) in [7, 11) is 0. The van der Waals surface area contributed by atoms with Crippen LogP contribution in [0.2, 0.25) is 0 Å². The number of hydrogen-bond acceptors (Lipinski definition) is 4. The van der Waals surface area contributed by atoms with E-state index in [1.165, 1.54) is 6.07 Å². The van der Waals surface area contributed by atoms with Gasteiger partial charge in [0.1, 0.15) is 17.3 Å². The van der Waals surface area contributed by atoms with Gasteiger partial charge in [0.2, 0.25) is 0 Å². The van der Waals surface area contributed by atoms with E-state index in [4.69, 9.17) is 4.74 Å². The summed E-state index contributed by atoms with van der Waals surface area (Å²) < 4.78 is 18.9. The zero-order valence-corrected chi connectivity index (χ0v) is 15.1. The van der Waals surface area contributed by atoms with E-state index < -0.39 is 11.7 Å². The van der Waals surface area contributed by atoms with Crippen molar-refractivity contribution in [1.29, 1.82) is 0 Å². The van der Waals surface area contributed by atoms with Crippen LogP contribution >= 0.6 is 0 Å². The van der Waals surface area contributed by atoms with Gasteiger partial charge in [-0.25, -0.2) is 4.39 Å². The Balaban J connectivity index is 1.93. The van der Waals surface area contributed by atoms with Crippen LogP contribution < -0.4 is 15.6 Å². The number of carbonyl (C=O) groups is 1. The Labute approximate surface area is 152 Å². The minimum Gasteiger partial charge on any atom is -0.507 e. The van der Waals surface area contributed by atoms with Gasteiger partial charge in [-0.15, -0.1) is 0 Å². The van der Waals surface area contributed by atoms with Crippen LogP contribution in [-0.4, -0.2) is 17.6 Å². The molecule has 0 fully saturated rings. The van der Waals surface area contributed by atoms with Crippen molar-refractivity contribution in [3.05, 3.63) is 65.5 Å². The molecule has 0 aliphatic rings. The minimum atomic E-state index is -0.518. The number of hydrogen-bond donors (Lipinski definition) is 3. The highest BCUT2D eigenvalue weighted by molar-refractivity contribution is 5.79. The third-order valence-electron chi connectivity index (χ3n) is 3.79. The molecule has 0 aliphatic heterocycles. The largest absolute Gasteiger partial charge is 0.507 e. The molecule has 0 heterocycles. The van der Waals surface area contributed by atoms with Crippen molar-refractivity contribution in [2.24, 2.45) is 0 Å². The fourth-order valence-corrected chi connectivity index (χ4v) is 2.39. The maximum atomic E-state index is 13.3. The molecule has 0 atom stereocenters. The Morgan fingerprint density at radius 1 is 1.23 bits per heavy atom. The predicted molar refractivity (Wildman–Crippen MR) is 99.1 cm³/mol. The summed E-state index contributed by atoms with van der Waals surface area (Å²) in [5.41, 5.74) is 7.34. The van der Waals surface area contributed by atoms with Crippen molar-refractivity contribution in [3.63, 3.8) is 0 Å². The number of halogens is 1. The molecule has 0 spiro atoms. The molecule has 5 nitrogen and oxygen atoms in total. The molecule has 3 N–H and O–H groups in total. The number of aromatic hydroxyl groups is 1. The van der Waals surface area contributed by atoms with Gasteiger partial charge < -0.3 is 9.84 Å². The molecule has 2 rings (SSSR count). The van der Waals surface area contributed by atoms with Crippen molar-refractivity contribution < 1.29 is 19.0 Å². The van der Waals surface area contributed by atoms with Gasteiger partial charge in [-0.3, -0.25) is 15.6 Å². The van der Waals surface area contributed by atoms with Gasteiger partial charge in [0.05, 0.1) is 5.70 Å². The maximum Gasteiger partial charge on any atom is 0.276 e. The molecule has 0 unspecified atom stereocenters. The standard InChI is InChI=1S/C20H23FN2O3/c1-12(2)16-7-5-13(3)9-19(16)26-11-20(25)23-22-14(4)17-10-15(21)6-8-18(17)24/h5-10,12,22,24H,4,11H2,1-3H3,(H,23,25). The number of phenols is 1. The summed E-state index contributed by atoms with van der Waals surface area (Å²) in [6, 6.07) is 9.34. The average molecular weight is 358 g/mol. The quantitative estimate of drug-likeness (QED) is 0.661. The molecular formula is C20H23FN2O3. The van der Waals surface area contributed by atoms with Crippen LogP contribution in [0.3, 0.4) is 0 Å².